The fourth-order valence-corrected chi connectivity index (χ4v) is 3.08. The van der Waals surface area contributed by atoms with Crippen molar-refractivity contribution < 1.29 is 14.6 Å². The first-order chi connectivity index (χ1) is 8.72. The van der Waals surface area contributed by atoms with Gasteiger partial charge in [0, 0.05) is 17.8 Å². The lowest BCUT2D eigenvalue weighted by molar-refractivity contribution is -0.211. The molecule has 0 N–H and O–H groups in total. The molecule has 0 spiro atoms. The van der Waals surface area contributed by atoms with Crippen molar-refractivity contribution in [3.05, 3.63) is 29.3 Å². The number of fused-ring (bicyclic) bond motifs is 1. The SMILES string of the molecule is CC(=O)OOc1cccc2c1CCCC2CCBr. The van der Waals surface area contributed by atoms with Crippen molar-refractivity contribution in [1.82, 2.24) is 0 Å². The quantitative estimate of drug-likeness (QED) is 0.482. The van der Waals surface area contributed by atoms with Gasteiger partial charge in [-0.2, -0.15) is 0 Å². The normalized spacial score (nSPS) is 18.0. The molecule has 1 aromatic rings. The van der Waals surface area contributed by atoms with E-state index in [2.05, 4.69) is 26.9 Å². The standard InChI is InChI=1S/C14H17BrO3/c1-10(16)17-18-14-7-3-5-12-11(8-9-15)4-2-6-13(12)14/h3,5,7,11H,2,4,6,8-9H2,1H3. The van der Waals surface area contributed by atoms with Crippen molar-refractivity contribution in [1.29, 1.82) is 0 Å². The molecule has 0 bridgehead atoms. The Bertz CT molecular complexity index is 431. The van der Waals surface area contributed by atoms with Gasteiger partial charge in [-0.15, -0.1) is 0 Å². The van der Waals surface area contributed by atoms with E-state index in [4.69, 9.17) is 4.89 Å². The van der Waals surface area contributed by atoms with Gasteiger partial charge in [0.2, 0.25) is 0 Å². The van der Waals surface area contributed by atoms with Gasteiger partial charge in [0.15, 0.2) is 5.75 Å². The predicted octanol–water partition coefficient (Wildman–Crippen LogP) is 3.75. The van der Waals surface area contributed by atoms with E-state index >= 15 is 0 Å². The van der Waals surface area contributed by atoms with Crippen LogP contribution in [0.2, 0.25) is 0 Å². The molecule has 0 saturated heterocycles. The summed E-state index contributed by atoms with van der Waals surface area (Å²) in [5.41, 5.74) is 2.53. The number of carbonyl (C=O) groups is 1. The monoisotopic (exact) mass is 312 g/mol. The number of benzene rings is 1. The minimum absolute atomic E-state index is 0.430. The summed E-state index contributed by atoms with van der Waals surface area (Å²) in [6.07, 6.45) is 4.50. The minimum Gasteiger partial charge on any atom is -0.287 e. The third-order valence-electron chi connectivity index (χ3n) is 3.29. The molecule has 1 aromatic carbocycles. The third-order valence-corrected chi connectivity index (χ3v) is 3.75. The van der Waals surface area contributed by atoms with Gasteiger partial charge >= 0.3 is 5.97 Å². The topological polar surface area (TPSA) is 35.5 Å². The van der Waals surface area contributed by atoms with E-state index in [9.17, 15) is 4.79 Å². The van der Waals surface area contributed by atoms with Gasteiger partial charge in [-0.3, -0.25) is 9.78 Å². The lowest BCUT2D eigenvalue weighted by Crippen LogP contribution is -2.13. The van der Waals surface area contributed by atoms with Crippen LogP contribution in [0.3, 0.4) is 0 Å². The largest absolute Gasteiger partial charge is 0.352 e. The Balaban J connectivity index is 2.22. The molecule has 1 aliphatic rings. The number of rotatable bonds is 4. The zero-order chi connectivity index (χ0) is 13.0. The number of hydrogen-bond acceptors (Lipinski definition) is 3. The van der Waals surface area contributed by atoms with Crippen LogP contribution in [0.25, 0.3) is 0 Å². The summed E-state index contributed by atoms with van der Waals surface area (Å²) in [5.74, 6) is 0.830. The second-order valence-electron chi connectivity index (χ2n) is 4.55. The van der Waals surface area contributed by atoms with Gasteiger partial charge in [-0.1, -0.05) is 28.1 Å². The molecular formula is C14H17BrO3. The van der Waals surface area contributed by atoms with Crippen LogP contribution in [0, 0.1) is 0 Å². The van der Waals surface area contributed by atoms with Crippen molar-refractivity contribution in [2.75, 3.05) is 5.33 Å². The summed E-state index contributed by atoms with van der Waals surface area (Å²) < 4.78 is 0. The highest BCUT2D eigenvalue weighted by atomic mass is 79.9. The average Bonchev–Trinajstić information content (AvgIpc) is 2.37. The Labute approximate surface area is 116 Å². The van der Waals surface area contributed by atoms with Crippen molar-refractivity contribution in [2.24, 2.45) is 0 Å². The van der Waals surface area contributed by atoms with Crippen molar-refractivity contribution >= 4 is 21.9 Å². The van der Waals surface area contributed by atoms with Crippen LogP contribution < -0.4 is 4.89 Å². The molecule has 98 valence electrons. The van der Waals surface area contributed by atoms with E-state index in [0.29, 0.717) is 11.7 Å². The van der Waals surface area contributed by atoms with Gasteiger partial charge in [-0.05, 0) is 43.2 Å². The van der Waals surface area contributed by atoms with Crippen molar-refractivity contribution in [3.8, 4) is 5.75 Å². The molecule has 1 aliphatic carbocycles. The van der Waals surface area contributed by atoms with Gasteiger partial charge in [0.1, 0.15) is 0 Å². The Morgan fingerprint density at radius 2 is 2.33 bits per heavy atom. The lowest BCUT2D eigenvalue weighted by atomic mass is 9.81. The molecule has 0 aromatic heterocycles. The van der Waals surface area contributed by atoms with Crippen molar-refractivity contribution in [3.63, 3.8) is 0 Å². The summed E-state index contributed by atoms with van der Waals surface area (Å²) in [6, 6.07) is 5.98. The fraction of sp³-hybridized carbons (Fsp3) is 0.500. The average molecular weight is 313 g/mol. The molecule has 18 heavy (non-hydrogen) atoms. The molecule has 1 unspecified atom stereocenters. The lowest BCUT2D eigenvalue weighted by Gasteiger charge is -2.26. The molecule has 3 nitrogen and oxygen atoms in total. The maximum Gasteiger partial charge on any atom is 0.352 e. The first-order valence-corrected chi connectivity index (χ1v) is 7.37. The van der Waals surface area contributed by atoms with Crippen LogP contribution in [0.4, 0.5) is 0 Å². The van der Waals surface area contributed by atoms with Crippen LogP contribution in [-0.2, 0) is 16.1 Å². The van der Waals surface area contributed by atoms with Crippen LogP contribution in [0.15, 0.2) is 18.2 Å². The Hall–Kier alpha value is -1.03. The van der Waals surface area contributed by atoms with Crippen LogP contribution in [0.5, 0.6) is 5.75 Å². The minimum atomic E-state index is -0.430. The van der Waals surface area contributed by atoms with Gasteiger partial charge in [0.05, 0.1) is 0 Å². The Morgan fingerprint density at radius 3 is 3.06 bits per heavy atom. The zero-order valence-electron chi connectivity index (χ0n) is 10.4. The predicted molar refractivity (Wildman–Crippen MR) is 72.9 cm³/mol. The molecule has 0 saturated carbocycles. The van der Waals surface area contributed by atoms with Gasteiger partial charge in [-0.25, -0.2) is 4.79 Å². The summed E-state index contributed by atoms with van der Waals surface area (Å²) in [4.78, 5) is 20.6. The Morgan fingerprint density at radius 1 is 1.50 bits per heavy atom. The highest BCUT2D eigenvalue weighted by Crippen LogP contribution is 2.38. The maximum absolute atomic E-state index is 10.8. The smallest absolute Gasteiger partial charge is 0.287 e. The first-order valence-electron chi connectivity index (χ1n) is 6.25. The summed E-state index contributed by atoms with van der Waals surface area (Å²) in [6.45, 7) is 1.34. The fourth-order valence-electron chi connectivity index (χ4n) is 2.53. The van der Waals surface area contributed by atoms with Gasteiger partial charge < -0.3 is 0 Å². The molecule has 0 heterocycles. The molecule has 0 fully saturated rings. The summed E-state index contributed by atoms with van der Waals surface area (Å²) in [5, 5.41) is 1.01. The molecular weight excluding hydrogens is 296 g/mol. The molecule has 0 amide bonds. The maximum atomic E-state index is 10.8. The number of alkyl halides is 1. The van der Waals surface area contributed by atoms with Crippen LogP contribution >= 0.6 is 15.9 Å². The number of halogens is 1. The molecule has 0 radical (unpaired) electrons. The third kappa shape index (κ3) is 3.05. The molecule has 4 heteroatoms. The molecule has 1 atom stereocenters. The number of carbonyl (C=O) groups excluding carboxylic acids is 1. The second-order valence-corrected chi connectivity index (χ2v) is 5.34. The highest BCUT2D eigenvalue weighted by molar-refractivity contribution is 9.09. The van der Waals surface area contributed by atoms with E-state index in [-0.39, 0.29) is 0 Å². The molecule has 2 rings (SSSR count). The highest BCUT2D eigenvalue weighted by Gasteiger charge is 2.23. The second kappa shape index (κ2) is 6.23. The first kappa shape index (κ1) is 13.4. The van der Waals surface area contributed by atoms with Crippen LogP contribution in [-0.4, -0.2) is 11.3 Å². The summed E-state index contributed by atoms with van der Waals surface area (Å²) >= 11 is 3.50. The number of hydrogen-bond donors (Lipinski definition) is 0. The summed E-state index contributed by atoms with van der Waals surface area (Å²) in [7, 11) is 0. The zero-order valence-corrected chi connectivity index (χ0v) is 12.0. The van der Waals surface area contributed by atoms with E-state index in [0.717, 1.165) is 24.6 Å². The molecule has 0 aliphatic heterocycles. The Kier molecular flexibility index (Phi) is 4.64. The van der Waals surface area contributed by atoms with E-state index < -0.39 is 5.97 Å². The van der Waals surface area contributed by atoms with E-state index in [1.807, 2.05) is 12.1 Å². The van der Waals surface area contributed by atoms with E-state index in [1.165, 1.54) is 24.5 Å². The van der Waals surface area contributed by atoms with Crippen LogP contribution in [0.1, 0.15) is 43.2 Å². The van der Waals surface area contributed by atoms with Crippen molar-refractivity contribution in [2.45, 2.75) is 38.5 Å². The van der Waals surface area contributed by atoms with Gasteiger partial charge in [0.25, 0.3) is 0 Å². The van der Waals surface area contributed by atoms with E-state index in [1.54, 1.807) is 0 Å².